The molecule has 0 radical (unpaired) electrons. The van der Waals surface area contributed by atoms with Crippen LogP contribution in [0.1, 0.15) is 23.4 Å². The number of halogens is 6. The summed E-state index contributed by atoms with van der Waals surface area (Å²) in [6, 6.07) is 3.82. The van der Waals surface area contributed by atoms with E-state index in [9.17, 15) is 31.1 Å². The number of anilines is 1. The molecular weight excluding hydrogens is 564 g/mol. The second-order valence-electron chi connectivity index (χ2n) is 8.18. The van der Waals surface area contributed by atoms with Gasteiger partial charge in [0.25, 0.3) is 0 Å². The van der Waals surface area contributed by atoms with Crippen molar-refractivity contribution in [3.63, 3.8) is 0 Å². The van der Waals surface area contributed by atoms with Crippen LogP contribution in [0.2, 0.25) is 0 Å². The molecule has 0 saturated carbocycles. The normalized spacial score (nSPS) is 20.5. The molecule has 11 nitrogen and oxygen atoms in total. The van der Waals surface area contributed by atoms with Crippen molar-refractivity contribution in [1.82, 2.24) is 20.5 Å². The quantitative estimate of drug-likeness (QED) is 0.455. The van der Waals surface area contributed by atoms with Crippen molar-refractivity contribution < 1.29 is 55.7 Å². The number of piperidine rings is 1. The van der Waals surface area contributed by atoms with Crippen molar-refractivity contribution >= 4 is 34.3 Å². The Morgan fingerprint density at radius 2 is 1.74 bits per heavy atom. The van der Waals surface area contributed by atoms with Crippen LogP contribution >= 0.6 is 11.3 Å². The first-order chi connectivity index (χ1) is 18.1. The van der Waals surface area contributed by atoms with Gasteiger partial charge >= 0.3 is 24.3 Å². The Hall–Kier alpha value is -3.54. The molecule has 2 aromatic heterocycles. The zero-order chi connectivity index (χ0) is 29.4. The summed E-state index contributed by atoms with van der Waals surface area (Å²) >= 11 is 1.60. The van der Waals surface area contributed by atoms with Crippen LogP contribution in [-0.2, 0) is 25.7 Å². The molecule has 3 N–H and O–H groups in total. The van der Waals surface area contributed by atoms with Gasteiger partial charge in [0.05, 0.1) is 6.10 Å². The molecule has 2 aromatic rings. The van der Waals surface area contributed by atoms with Crippen LogP contribution in [0.4, 0.5) is 31.5 Å². The Kier molecular flexibility index (Phi) is 11.0. The summed E-state index contributed by atoms with van der Waals surface area (Å²) in [4.78, 5) is 36.5. The highest BCUT2D eigenvalue weighted by molar-refractivity contribution is 7.15. The predicted molar refractivity (Wildman–Crippen MR) is 122 cm³/mol. The Labute approximate surface area is 220 Å². The van der Waals surface area contributed by atoms with E-state index in [1.165, 1.54) is 0 Å². The van der Waals surface area contributed by atoms with Crippen molar-refractivity contribution in [1.29, 1.82) is 0 Å². The molecule has 0 bridgehead atoms. The number of nitrogens with zero attached hydrogens (tertiary/aromatic N) is 4. The molecule has 1 amide bonds. The number of carboxylic acid groups (broad SMARTS) is 2. The smallest absolute Gasteiger partial charge is 0.475 e. The molecular formula is C21H23F6N5O6S. The number of alkyl halides is 6. The number of carboxylic acids is 2. The maximum absolute atomic E-state index is 12.4. The first-order valence-electron chi connectivity index (χ1n) is 11.0. The molecule has 2 saturated heterocycles. The summed E-state index contributed by atoms with van der Waals surface area (Å²) in [7, 11) is 0. The maximum Gasteiger partial charge on any atom is 0.490 e. The van der Waals surface area contributed by atoms with Crippen LogP contribution in [0, 0.1) is 12.8 Å². The number of hydrogen-bond donors (Lipinski definition) is 3. The first kappa shape index (κ1) is 31.7. The molecule has 2 aliphatic rings. The van der Waals surface area contributed by atoms with Crippen LogP contribution in [-0.4, -0.2) is 80.9 Å². The van der Waals surface area contributed by atoms with E-state index in [0.717, 1.165) is 41.6 Å². The van der Waals surface area contributed by atoms with E-state index >= 15 is 0 Å². The number of fused-ring (bicyclic) bond motifs is 1. The van der Waals surface area contributed by atoms with E-state index < -0.39 is 24.3 Å². The number of hydrogen-bond acceptors (Lipinski definition) is 9. The number of ether oxygens (including phenoxy) is 1. The van der Waals surface area contributed by atoms with Gasteiger partial charge in [0, 0.05) is 32.0 Å². The van der Waals surface area contributed by atoms with Crippen molar-refractivity contribution in [3.8, 4) is 0 Å². The Morgan fingerprint density at radius 1 is 1.13 bits per heavy atom. The van der Waals surface area contributed by atoms with E-state index in [1.54, 1.807) is 23.7 Å². The fourth-order valence-corrected chi connectivity index (χ4v) is 4.22. The summed E-state index contributed by atoms with van der Waals surface area (Å²) in [6.45, 7) is 4.18. The molecule has 3 atom stereocenters. The molecule has 4 rings (SSSR count). The number of carbonyl (C=O) groups excluding carboxylic acids is 1. The van der Waals surface area contributed by atoms with Gasteiger partial charge in [-0.1, -0.05) is 17.4 Å². The third-order valence-electron chi connectivity index (χ3n) is 5.30. The number of rotatable bonds is 4. The Balaban J connectivity index is 0.000000317. The third kappa shape index (κ3) is 10.3. The second-order valence-corrected chi connectivity index (χ2v) is 9.34. The van der Waals surface area contributed by atoms with E-state index in [4.69, 9.17) is 24.5 Å². The lowest BCUT2D eigenvalue weighted by Gasteiger charge is -2.33. The van der Waals surface area contributed by atoms with Crippen LogP contribution in [0.5, 0.6) is 0 Å². The molecule has 0 aliphatic carbocycles. The highest BCUT2D eigenvalue weighted by Gasteiger charge is 2.42. The molecule has 2 aliphatic heterocycles. The number of amides is 1. The first-order valence-corrected chi connectivity index (χ1v) is 11.9. The van der Waals surface area contributed by atoms with Crippen molar-refractivity contribution in [2.24, 2.45) is 5.92 Å². The molecule has 39 heavy (non-hydrogen) atoms. The predicted octanol–water partition coefficient (Wildman–Crippen LogP) is 2.81. The van der Waals surface area contributed by atoms with Gasteiger partial charge in [0.15, 0.2) is 0 Å². The Morgan fingerprint density at radius 3 is 2.23 bits per heavy atom. The fourth-order valence-electron chi connectivity index (χ4n) is 3.49. The van der Waals surface area contributed by atoms with E-state index in [2.05, 4.69) is 25.4 Å². The van der Waals surface area contributed by atoms with Crippen LogP contribution in [0.25, 0.3) is 0 Å². The summed E-state index contributed by atoms with van der Waals surface area (Å²) < 4.78 is 69.5. The molecule has 0 unspecified atom stereocenters. The van der Waals surface area contributed by atoms with Gasteiger partial charge in [0.2, 0.25) is 11.0 Å². The zero-order valence-electron chi connectivity index (χ0n) is 20.1. The highest BCUT2D eigenvalue weighted by Crippen LogP contribution is 2.35. The summed E-state index contributed by atoms with van der Waals surface area (Å²) in [6.07, 6.45) is -5.13. The Bertz CT molecular complexity index is 1090. The van der Waals surface area contributed by atoms with Gasteiger partial charge in [-0.3, -0.25) is 9.78 Å². The topological polar surface area (TPSA) is 155 Å². The average molecular weight is 587 g/mol. The largest absolute Gasteiger partial charge is 0.490 e. The number of carbonyl (C=O) groups is 3. The fraction of sp³-hybridized carbons (Fsp3) is 0.524. The van der Waals surface area contributed by atoms with Gasteiger partial charge < -0.3 is 25.2 Å². The SMILES string of the molecule is Cc1nnc(N2CC[C@H]3C[C@@H](C(=O)NCc4cccnc4)O[C@@H]3C2)s1.O=C(O)C(F)(F)F.O=C(O)C(F)(F)F. The minimum Gasteiger partial charge on any atom is -0.475 e. The minimum absolute atomic E-state index is 0.0310. The second kappa shape index (κ2) is 13.5. The number of aromatic nitrogens is 3. The van der Waals surface area contributed by atoms with Gasteiger partial charge in [-0.25, -0.2) is 9.59 Å². The zero-order valence-corrected chi connectivity index (χ0v) is 20.9. The summed E-state index contributed by atoms with van der Waals surface area (Å²) in [5.41, 5.74) is 0.990. The monoisotopic (exact) mass is 587 g/mol. The minimum atomic E-state index is -5.08. The molecule has 0 spiro atoms. The van der Waals surface area contributed by atoms with Gasteiger partial charge in [-0.05, 0) is 37.3 Å². The average Bonchev–Trinajstić information content (AvgIpc) is 3.48. The van der Waals surface area contributed by atoms with E-state index in [-0.39, 0.29) is 18.1 Å². The van der Waals surface area contributed by atoms with Crippen molar-refractivity contribution in [2.45, 2.75) is 50.9 Å². The third-order valence-corrected chi connectivity index (χ3v) is 6.20. The molecule has 18 heteroatoms. The molecule has 216 valence electrons. The number of aliphatic carboxylic acids is 2. The van der Waals surface area contributed by atoms with Gasteiger partial charge in [-0.15, -0.1) is 10.2 Å². The summed E-state index contributed by atoms with van der Waals surface area (Å²) in [5, 5.41) is 27.4. The van der Waals surface area contributed by atoms with Gasteiger partial charge in [0.1, 0.15) is 11.1 Å². The van der Waals surface area contributed by atoms with Crippen LogP contribution in [0.15, 0.2) is 24.5 Å². The van der Waals surface area contributed by atoms with Crippen molar-refractivity contribution in [3.05, 3.63) is 35.1 Å². The lowest BCUT2D eigenvalue weighted by atomic mass is 9.92. The highest BCUT2D eigenvalue weighted by atomic mass is 32.1. The number of nitrogens with one attached hydrogen (secondary N) is 1. The molecule has 4 heterocycles. The lowest BCUT2D eigenvalue weighted by Crippen LogP contribution is -2.42. The molecule has 0 aromatic carbocycles. The molecule has 2 fully saturated rings. The number of aryl methyl sites for hydroxylation is 1. The lowest BCUT2D eigenvalue weighted by molar-refractivity contribution is -0.193. The summed E-state index contributed by atoms with van der Waals surface area (Å²) in [5.74, 6) is -5.10. The standard InChI is InChI=1S/C17H21N5O2S.2C2HF3O2/c1-11-20-21-17(25-11)22-6-4-13-7-14(24-15(13)10-22)16(23)19-9-12-3-2-5-18-8-12;2*3-2(4,5)1(6)7/h2-3,5,8,13-15H,4,6-7,9-10H2,1H3,(H,19,23);2*(H,6,7)/t13-,14-,15+;;/m0../s1. The van der Waals surface area contributed by atoms with Crippen molar-refractivity contribution in [2.75, 3.05) is 18.0 Å². The van der Waals surface area contributed by atoms with Gasteiger partial charge in [-0.2, -0.15) is 26.3 Å². The van der Waals surface area contributed by atoms with Crippen LogP contribution < -0.4 is 10.2 Å². The van der Waals surface area contributed by atoms with E-state index in [1.807, 2.05) is 19.1 Å². The van der Waals surface area contributed by atoms with Crippen LogP contribution in [0.3, 0.4) is 0 Å². The maximum atomic E-state index is 12.4. The van der Waals surface area contributed by atoms with E-state index in [0.29, 0.717) is 12.5 Å². The number of pyridine rings is 1.